The molecule has 0 aliphatic rings. The van der Waals surface area contributed by atoms with Crippen LogP contribution in [0.4, 0.5) is 10.1 Å². The van der Waals surface area contributed by atoms with Crippen molar-refractivity contribution in [1.29, 1.82) is 0 Å². The SMILES string of the molecule is COc1ccc(NC(N)=NCc2ccc(Oc3ccc(F)cc3)nc2)cc1.I. The van der Waals surface area contributed by atoms with Gasteiger partial charge in [-0.15, -0.1) is 24.0 Å². The summed E-state index contributed by atoms with van der Waals surface area (Å²) in [5.41, 5.74) is 7.59. The van der Waals surface area contributed by atoms with Crippen molar-refractivity contribution in [2.45, 2.75) is 6.54 Å². The van der Waals surface area contributed by atoms with E-state index in [1.807, 2.05) is 30.3 Å². The Morgan fingerprint density at radius 2 is 1.71 bits per heavy atom. The molecule has 3 N–H and O–H groups in total. The number of rotatable bonds is 6. The van der Waals surface area contributed by atoms with Crippen LogP contribution in [-0.2, 0) is 6.54 Å². The van der Waals surface area contributed by atoms with Crippen molar-refractivity contribution in [1.82, 2.24) is 4.98 Å². The fourth-order valence-corrected chi connectivity index (χ4v) is 2.23. The fraction of sp³-hybridized carbons (Fsp3) is 0.100. The van der Waals surface area contributed by atoms with E-state index in [-0.39, 0.29) is 29.8 Å². The second-order valence-corrected chi connectivity index (χ2v) is 5.62. The molecule has 1 aromatic heterocycles. The standard InChI is InChI=1S/C20H19FN4O2.HI/c1-26-17-9-5-16(6-10-17)25-20(22)24-13-14-2-11-19(23-12-14)27-18-7-3-15(21)4-8-18;/h2-12H,13H2,1H3,(H3,22,24,25);1H. The first-order valence-electron chi connectivity index (χ1n) is 8.22. The Morgan fingerprint density at radius 3 is 2.32 bits per heavy atom. The average Bonchev–Trinajstić information content (AvgIpc) is 2.70. The van der Waals surface area contributed by atoms with Crippen LogP contribution in [0.5, 0.6) is 17.4 Å². The van der Waals surface area contributed by atoms with Gasteiger partial charge in [-0.2, -0.15) is 0 Å². The van der Waals surface area contributed by atoms with E-state index >= 15 is 0 Å². The number of pyridine rings is 1. The molecule has 0 unspecified atom stereocenters. The number of guanidine groups is 1. The number of nitrogens with zero attached hydrogens (tertiary/aromatic N) is 2. The molecule has 6 nitrogen and oxygen atoms in total. The van der Waals surface area contributed by atoms with Crippen molar-refractivity contribution < 1.29 is 13.9 Å². The average molecular weight is 494 g/mol. The lowest BCUT2D eigenvalue weighted by Gasteiger charge is -2.07. The van der Waals surface area contributed by atoms with Crippen molar-refractivity contribution >= 4 is 35.6 Å². The van der Waals surface area contributed by atoms with Crippen molar-refractivity contribution in [3.05, 3.63) is 78.2 Å². The van der Waals surface area contributed by atoms with E-state index < -0.39 is 0 Å². The molecule has 0 bridgehead atoms. The molecule has 8 heteroatoms. The zero-order chi connectivity index (χ0) is 19.1. The number of anilines is 1. The summed E-state index contributed by atoms with van der Waals surface area (Å²) in [5, 5.41) is 3.01. The van der Waals surface area contributed by atoms with Gasteiger partial charge in [-0.1, -0.05) is 6.07 Å². The highest BCUT2D eigenvalue weighted by Crippen LogP contribution is 2.19. The molecule has 28 heavy (non-hydrogen) atoms. The molecule has 2 aromatic carbocycles. The molecule has 0 amide bonds. The molecule has 146 valence electrons. The van der Waals surface area contributed by atoms with Crippen LogP contribution in [0.1, 0.15) is 5.56 Å². The minimum Gasteiger partial charge on any atom is -0.497 e. The number of aromatic nitrogens is 1. The van der Waals surface area contributed by atoms with E-state index in [1.54, 1.807) is 31.5 Å². The summed E-state index contributed by atoms with van der Waals surface area (Å²) in [7, 11) is 1.61. The summed E-state index contributed by atoms with van der Waals surface area (Å²) in [6.45, 7) is 0.374. The predicted octanol–water partition coefficient (Wildman–Crippen LogP) is 4.57. The zero-order valence-electron chi connectivity index (χ0n) is 15.1. The number of nitrogens with two attached hydrogens (primary N) is 1. The Morgan fingerprint density at radius 1 is 1.04 bits per heavy atom. The third kappa shape index (κ3) is 6.38. The van der Waals surface area contributed by atoms with Gasteiger partial charge >= 0.3 is 0 Å². The van der Waals surface area contributed by atoms with Gasteiger partial charge in [0.2, 0.25) is 5.88 Å². The van der Waals surface area contributed by atoms with Crippen molar-refractivity contribution in [3.63, 3.8) is 0 Å². The molecule has 0 fully saturated rings. The Hall–Kier alpha value is -2.88. The lowest BCUT2D eigenvalue weighted by Crippen LogP contribution is -2.22. The van der Waals surface area contributed by atoms with Crippen molar-refractivity contribution in [2.24, 2.45) is 10.7 Å². The first kappa shape index (κ1) is 21.4. The lowest BCUT2D eigenvalue weighted by atomic mass is 10.3. The Bertz CT molecular complexity index is 901. The topological polar surface area (TPSA) is 81.8 Å². The van der Waals surface area contributed by atoms with Gasteiger partial charge in [-0.05, 0) is 54.1 Å². The third-order valence-corrected chi connectivity index (χ3v) is 3.63. The smallest absolute Gasteiger partial charge is 0.219 e. The summed E-state index contributed by atoms with van der Waals surface area (Å²) < 4.78 is 23.6. The Balaban J connectivity index is 0.00000280. The van der Waals surface area contributed by atoms with Crippen molar-refractivity contribution in [2.75, 3.05) is 12.4 Å². The maximum absolute atomic E-state index is 12.9. The molecule has 0 spiro atoms. The van der Waals surface area contributed by atoms with Crippen LogP contribution in [0.3, 0.4) is 0 Å². The minimum absolute atomic E-state index is 0. The number of aliphatic imine (C=N–C) groups is 1. The van der Waals surface area contributed by atoms with E-state index in [1.165, 1.54) is 12.1 Å². The van der Waals surface area contributed by atoms with Gasteiger partial charge in [0.05, 0.1) is 13.7 Å². The second-order valence-electron chi connectivity index (χ2n) is 5.62. The highest BCUT2D eigenvalue weighted by molar-refractivity contribution is 14.0. The van der Waals surface area contributed by atoms with Gasteiger partial charge in [0, 0.05) is 18.0 Å². The number of nitrogens with one attached hydrogen (secondary N) is 1. The summed E-state index contributed by atoms with van der Waals surface area (Å²) >= 11 is 0. The van der Waals surface area contributed by atoms with Crippen LogP contribution in [0.2, 0.25) is 0 Å². The fourth-order valence-electron chi connectivity index (χ4n) is 2.23. The van der Waals surface area contributed by atoms with E-state index in [4.69, 9.17) is 15.2 Å². The van der Waals surface area contributed by atoms with E-state index in [0.717, 1.165) is 17.0 Å². The number of hydrogen-bond donors (Lipinski definition) is 2. The molecule has 0 radical (unpaired) electrons. The molecule has 0 aliphatic heterocycles. The van der Waals surface area contributed by atoms with Gasteiger partial charge in [0.1, 0.15) is 17.3 Å². The monoisotopic (exact) mass is 494 g/mol. The first-order valence-corrected chi connectivity index (χ1v) is 8.22. The number of ether oxygens (including phenoxy) is 2. The van der Waals surface area contributed by atoms with Gasteiger partial charge in [0.25, 0.3) is 0 Å². The lowest BCUT2D eigenvalue weighted by molar-refractivity contribution is 0.415. The molecular formula is C20H20FIN4O2. The summed E-state index contributed by atoms with van der Waals surface area (Å²) in [4.78, 5) is 8.50. The maximum Gasteiger partial charge on any atom is 0.219 e. The highest BCUT2D eigenvalue weighted by atomic mass is 127. The van der Waals surface area contributed by atoms with E-state index in [2.05, 4.69) is 15.3 Å². The molecule has 0 atom stereocenters. The third-order valence-electron chi connectivity index (χ3n) is 3.63. The van der Waals surface area contributed by atoms with Crippen LogP contribution >= 0.6 is 24.0 Å². The Kier molecular flexibility index (Phi) is 8.00. The summed E-state index contributed by atoms with van der Waals surface area (Å²) in [5.74, 6) is 1.68. The van der Waals surface area contributed by atoms with Gasteiger partial charge < -0.3 is 20.5 Å². The van der Waals surface area contributed by atoms with E-state index in [9.17, 15) is 4.39 Å². The van der Waals surface area contributed by atoms with Gasteiger partial charge in [-0.25, -0.2) is 14.4 Å². The highest BCUT2D eigenvalue weighted by Gasteiger charge is 2.01. The molecule has 1 heterocycles. The largest absolute Gasteiger partial charge is 0.497 e. The maximum atomic E-state index is 12.9. The van der Waals surface area contributed by atoms with Gasteiger partial charge in [0.15, 0.2) is 5.96 Å². The van der Waals surface area contributed by atoms with E-state index in [0.29, 0.717) is 24.1 Å². The normalized spacial score (nSPS) is 10.7. The van der Waals surface area contributed by atoms with Gasteiger partial charge in [-0.3, -0.25) is 0 Å². The van der Waals surface area contributed by atoms with Crippen LogP contribution in [0.15, 0.2) is 71.9 Å². The number of halogens is 2. The molecule has 3 rings (SSSR count). The van der Waals surface area contributed by atoms with Crippen LogP contribution < -0.4 is 20.5 Å². The Labute approximate surface area is 179 Å². The number of hydrogen-bond acceptors (Lipinski definition) is 4. The molecular weight excluding hydrogens is 474 g/mol. The summed E-state index contributed by atoms with van der Waals surface area (Å²) in [6, 6.07) is 16.7. The molecule has 0 saturated heterocycles. The minimum atomic E-state index is -0.315. The number of benzene rings is 2. The number of methoxy groups -OCH3 is 1. The zero-order valence-corrected chi connectivity index (χ0v) is 17.5. The second kappa shape index (κ2) is 10.5. The molecule has 3 aromatic rings. The first-order chi connectivity index (χ1) is 13.1. The quantitative estimate of drug-likeness (QED) is 0.298. The van der Waals surface area contributed by atoms with Crippen LogP contribution in [0, 0.1) is 5.82 Å². The predicted molar refractivity (Wildman–Crippen MR) is 118 cm³/mol. The summed E-state index contributed by atoms with van der Waals surface area (Å²) in [6.07, 6.45) is 1.66. The molecule has 0 saturated carbocycles. The van der Waals surface area contributed by atoms with Crippen LogP contribution in [-0.4, -0.2) is 18.1 Å². The molecule has 0 aliphatic carbocycles. The van der Waals surface area contributed by atoms with Crippen LogP contribution in [0.25, 0.3) is 0 Å². The van der Waals surface area contributed by atoms with Crippen molar-refractivity contribution in [3.8, 4) is 17.4 Å².